The van der Waals surface area contributed by atoms with Gasteiger partial charge in [0.25, 0.3) is 10.2 Å². The van der Waals surface area contributed by atoms with Crippen molar-refractivity contribution in [1.82, 2.24) is 9.03 Å². The van der Waals surface area contributed by atoms with Gasteiger partial charge in [0.05, 0.1) is 6.61 Å². The van der Waals surface area contributed by atoms with E-state index in [-0.39, 0.29) is 0 Å². The van der Waals surface area contributed by atoms with E-state index >= 15 is 0 Å². The lowest BCUT2D eigenvalue weighted by molar-refractivity contribution is 0.140. The van der Waals surface area contributed by atoms with Gasteiger partial charge in [0.15, 0.2) is 0 Å². The Balaban J connectivity index is 2.19. The number of hydrogen-bond acceptors (Lipinski definition) is 4. The minimum atomic E-state index is -3.30. The highest BCUT2D eigenvalue weighted by Crippen LogP contribution is 2.17. The lowest BCUT2D eigenvalue weighted by atomic mass is 10.0. The van der Waals surface area contributed by atoms with Crippen LogP contribution < -0.4 is 10.5 Å². The largest absolute Gasteiger partial charge is 0.380 e. The molecule has 1 heterocycles. The van der Waals surface area contributed by atoms with E-state index in [0.29, 0.717) is 51.7 Å². The number of nitrogens with one attached hydrogen (secondary N) is 1. The van der Waals surface area contributed by atoms with Crippen molar-refractivity contribution in [2.45, 2.75) is 26.2 Å². The fourth-order valence-corrected chi connectivity index (χ4v) is 3.15. The molecule has 18 heavy (non-hydrogen) atoms. The average Bonchev–Trinajstić information content (AvgIpc) is 2.34. The molecule has 0 radical (unpaired) electrons. The predicted molar refractivity (Wildman–Crippen MR) is 71.4 cm³/mol. The van der Waals surface area contributed by atoms with E-state index < -0.39 is 10.2 Å². The van der Waals surface area contributed by atoms with E-state index in [1.807, 2.05) is 0 Å². The Morgan fingerprint density at radius 2 is 2.00 bits per heavy atom. The summed E-state index contributed by atoms with van der Waals surface area (Å²) in [5.74, 6) is 0.626. The number of nitrogens with two attached hydrogens (primary N) is 1. The quantitative estimate of drug-likeness (QED) is 0.609. The van der Waals surface area contributed by atoms with Crippen LogP contribution in [0.4, 0.5) is 0 Å². The summed E-state index contributed by atoms with van der Waals surface area (Å²) in [7, 11) is -3.30. The molecule has 108 valence electrons. The second-order valence-corrected chi connectivity index (χ2v) is 6.49. The lowest BCUT2D eigenvalue weighted by Crippen LogP contribution is -2.45. The van der Waals surface area contributed by atoms with Crippen LogP contribution >= 0.6 is 0 Å². The summed E-state index contributed by atoms with van der Waals surface area (Å²) in [4.78, 5) is 0. The van der Waals surface area contributed by atoms with Crippen LogP contribution in [0, 0.1) is 5.92 Å². The van der Waals surface area contributed by atoms with Crippen molar-refractivity contribution in [3.63, 3.8) is 0 Å². The summed E-state index contributed by atoms with van der Waals surface area (Å²) in [5.41, 5.74) is 5.28. The molecule has 6 nitrogen and oxygen atoms in total. The summed E-state index contributed by atoms with van der Waals surface area (Å²) in [6, 6.07) is 0. The van der Waals surface area contributed by atoms with Gasteiger partial charge >= 0.3 is 0 Å². The zero-order chi connectivity index (χ0) is 13.4. The predicted octanol–water partition coefficient (Wildman–Crippen LogP) is -0.0819. The highest BCUT2D eigenvalue weighted by molar-refractivity contribution is 7.87. The Morgan fingerprint density at radius 3 is 2.61 bits per heavy atom. The molecule has 1 aliphatic heterocycles. The van der Waals surface area contributed by atoms with Gasteiger partial charge < -0.3 is 10.5 Å². The van der Waals surface area contributed by atoms with Gasteiger partial charge in [-0.2, -0.15) is 12.7 Å². The Kier molecular flexibility index (Phi) is 7.10. The summed E-state index contributed by atoms with van der Waals surface area (Å²) in [6.45, 7) is 5.39. The van der Waals surface area contributed by atoms with E-state index in [1.54, 1.807) is 0 Å². The summed E-state index contributed by atoms with van der Waals surface area (Å²) in [6.07, 6.45) is 2.56. The zero-order valence-corrected chi connectivity index (χ0v) is 11.9. The Morgan fingerprint density at radius 1 is 1.33 bits per heavy atom. The minimum Gasteiger partial charge on any atom is -0.380 e. The van der Waals surface area contributed by atoms with E-state index in [1.165, 1.54) is 4.31 Å². The van der Waals surface area contributed by atoms with Crippen molar-refractivity contribution in [2.24, 2.45) is 11.7 Å². The van der Waals surface area contributed by atoms with Gasteiger partial charge in [0.2, 0.25) is 0 Å². The Bertz CT molecular complexity index is 313. The minimum absolute atomic E-state index is 0.416. The zero-order valence-electron chi connectivity index (χ0n) is 11.1. The third kappa shape index (κ3) is 5.62. The number of ether oxygens (including phenoxy) is 1. The standard InChI is InChI=1S/C11H25N3O3S/c1-11-3-7-14(8-4-11)18(15,16)13-6-2-9-17-10-5-12/h11,13H,2-10,12H2,1H3. The topological polar surface area (TPSA) is 84.7 Å². The molecule has 0 aromatic heterocycles. The molecule has 0 aromatic carbocycles. The Labute approximate surface area is 110 Å². The van der Waals surface area contributed by atoms with Crippen LogP contribution in [-0.4, -0.2) is 52.1 Å². The van der Waals surface area contributed by atoms with Gasteiger partial charge in [-0.05, 0) is 25.2 Å². The van der Waals surface area contributed by atoms with Crippen LogP contribution in [0.25, 0.3) is 0 Å². The molecule has 0 aromatic rings. The number of hydrogen-bond donors (Lipinski definition) is 2. The number of rotatable bonds is 8. The van der Waals surface area contributed by atoms with Crippen LogP contribution in [0.1, 0.15) is 26.2 Å². The maximum Gasteiger partial charge on any atom is 0.279 e. The van der Waals surface area contributed by atoms with Crippen molar-refractivity contribution in [3.05, 3.63) is 0 Å². The summed E-state index contributed by atoms with van der Waals surface area (Å²) < 4.78 is 33.2. The maximum atomic E-state index is 11.9. The normalized spacial score (nSPS) is 19.2. The van der Waals surface area contributed by atoms with E-state index in [4.69, 9.17) is 10.5 Å². The van der Waals surface area contributed by atoms with Crippen LogP contribution in [-0.2, 0) is 14.9 Å². The van der Waals surface area contributed by atoms with E-state index in [9.17, 15) is 8.42 Å². The first kappa shape index (κ1) is 15.8. The number of piperidine rings is 1. The second-order valence-electron chi connectivity index (χ2n) is 4.74. The monoisotopic (exact) mass is 279 g/mol. The molecule has 1 rings (SSSR count). The number of nitrogens with zero attached hydrogens (tertiary/aromatic N) is 1. The van der Waals surface area contributed by atoms with Gasteiger partial charge in [-0.25, -0.2) is 4.72 Å². The molecule has 0 aliphatic carbocycles. The molecule has 1 fully saturated rings. The molecule has 0 atom stereocenters. The SMILES string of the molecule is CC1CCN(S(=O)(=O)NCCCOCCN)CC1. The van der Waals surface area contributed by atoms with Crippen molar-refractivity contribution in [3.8, 4) is 0 Å². The lowest BCUT2D eigenvalue weighted by Gasteiger charge is -2.29. The highest BCUT2D eigenvalue weighted by atomic mass is 32.2. The van der Waals surface area contributed by atoms with Gasteiger partial charge in [-0.1, -0.05) is 6.92 Å². The van der Waals surface area contributed by atoms with Gasteiger partial charge in [-0.3, -0.25) is 0 Å². The molecule has 7 heteroatoms. The second kappa shape index (κ2) is 8.06. The van der Waals surface area contributed by atoms with Crippen LogP contribution in [0.15, 0.2) is 0 Å². The van der Waals surface area contributed by atoms with Gasteiger partial charge in [0.1, 0.15) is 0 Å². The average molecular weight is 279 g/mol. The van der Waals surface area contributed by atoms with Crippen molar-refractivity contribution >= 4 is 10.2 Å². The molecule has 3 N–H and O–H groups in total. The third-order valence-corrected chi connectivity index (χ3v) is 4.71. The van der Waals surface area contributed by atoms with Crippen LogP contribution in [0.3, 0.4) is 0 Å². The molecule has 1 aliphatic rings. The molecule has 0 bridgehead atoms. The smallest absolute Gasteiger partial charge is 0.279 e. The molecular weight excluding hydrogens is 254 g/mol. The van der Waals surface area contributed by atoms with Crippen molar-refractivity contribution in [2.75, 3.05) is 39.4 Å². The maximum absolute atomic E-state index is 11.9. The molecule has 1 saturated heterocycles. The molecular formula is C11H25N3O3S. The molecule has 0 unspecified atom stereocenters. The van der Waals surface area contributed by atoms with Crippen LogP contribution in [0.2, 0.25) is 0 Å². The first-order chi connectivity index (χ1) is 8.56. The van der Waals surface area contributed by atoms with E-state index in [0.717, 1.165) is 12.8 Å². The van der Waals surface area contributed by atoms with E-state index in [2.05, 4.69) is 11.6 Å². The molecule has 0 spiro atoms. The fourth-order valence-electron chi connectivity index (χ4n) is 1.88. The summed E-state index contributed by atoms with van der Waals surface area (Å²) in [5, 5.41) is 0. The third-order valence-electron chi connectivity index (χ3n) is 3.09. The molecule has 0 amide bonds. The summed E-state index contributed by atoms with van der Waals surface area (Å²) >= 11 is 0. The molecule has 0 saturated carbocycles. The van der Waals surface area contributed by atoms with Crippen molar-refractivity contribution < 1.29 is 13.2 Å². The Hall–Kier alpha value is -0.210. The van der Waals surface area contributed by atoms with Gasteiger partial charge in [-0.15, -0.1) is 0 Å². The van der Waals surface area contributed by atoms with Gasteiger partial charge in [0, 0.05) is 32.8 Å². The highest BCUT2D eigenvalue weighted by Gasteiger charge is 2.25. The fraction of sp³-hybridized carbons (Fsp3) is 1.00. The van der Waals surface area contributed by atoms with Crippen LogP contribution in [0.5, 0.6) is 0 Å². The van der Waals surface area contributed by atoms with Crippen molar-refractivity contribution in [1.29, 1.82) is 0 Å². The first-order valence-electron chi connectivity index (χ1n) is 6.59. The first-order valence-corrected chi connectivity index (χ1v) is 8.03.